The van der Waals surface area contributed by atoms with Gasteiger partial charge < -0.3 is 10.2 Å². The van der Waals surface area contributed by atoms with E-state index >= 15 is 0 Å². The SMILES string of the molecule is O=C(NC1CCCCC1)N1CCN(Cc2nc(-c3cccs3)cs2)CC1. The minimum absolute atomic E-state index is 0.130. The minimum Gasteiger partial charge on any atom is -0.335 e. The molecule has 1 aliphatic heterocycles. The molecule has 0 spiro atoms. The number of rotatable bonds is 4. The Labute approximate surface area is 163 Å². The third-order valence-electron chi connectivity index (χ3n) is 5.28. The number of hydrogen-bond acceptors (Lipinski definition) is 5. The van der Waals surface area contributed by atoms with E-state index in [2.05, 4.69) is 33.1 Å². The van der Waals surface area contributed by atoms with Gasteiger partial charge in [0.1, 0.15) is 5.01 Å². The number of nitrogens with one attached hydrogen (secondary N) is 1. The fourth-order valence-corrected chi connectivity index (χ4v) is 5.33. The van der Waals surface area contributed by atoms with Crippen molar-refractivity contribution in [2.75, 3.05) is 26.2 Å². The first-order valence-corrected chi connectivity index (χ1v) is 11.3. The molecule has 2 amide bonds. The molecule has 0 aromatic carbocycles. The van der Waals surface area contributed by atoms with E-state index in [1.54, 1.807) is 22.7 Å². The lowest BCUT2D eigenvalue weighted by Gasteiger charge is -2.35. The van der Waals surface area contributed by atoms with Gasteiger partial charge in [-0.15, -0.1) is 22.7 Å². The highest BCUT2D eigenvalue weighted by Crippen LogP contribution is 2.26. The zero-order chi connectivity index (χ0) is 17.8. The first-order valence-electron chi connectivity index (χ1n) is 9.54. The Morgan fingerprint density at radius 3 is 2.69 bits per heavy atom. The Hall–Kier alpha value is -1.44. The minimum atomic E-state index is 0.130. The Bertz CT molecular complexity index is 701. The van der Waals surface area contributed by atoms with Crippen LogP contribution < -0.4 is 5.32 Å². The quantitative estimate of drug-likeness (QED) is 0.857. The lowest BCUT2D eigenvalue weighted by molar-refractivity contribution is 0.132. The monoisotopic (exact) mass is 390 g/mol. The molecule has 5 nitrogen and oxygen atoms in total. The molecule has 0 bridgehead atoms. The zero-order valence-electron chi connectivity index (χ0n) is 15.0. The van der Waals surface area contributed by atoms with E-state index in [-0.39, 0.29) is 6.03 Å². The highest BCUT2D eigenvalue weighted by Gasteiger charge is 2.24. The van der Waals surface area contributed by atoms with E-state index in [4.69, 9.17) is 4.98 Å². The van der Waals surface area contributed by atoms with Gasteiger partial charge in [-0.25, -0.2) is 9.78 Å². The number of aromatic nitrogens is 1. The largest absolute Gasteiger partial charge is 0.335 e. The number of thiophene rings is 1. The summed E-state index contributed by atoms with van der Waals surface area (Å²) in [5.74, 6) is 0. The molecule has 2 fully saturated rings. The number of carbonyl (C=O) groups is 1. The number of carbonyl (C=O) groups excluding carboxylic acids is 1. The predicted octanol–water partition coefficient (Wildman–Crippen LogP) is 4.03. The lowest BCUT2D eigenvalue weighted by atomic mass is 9.96. The standard InChI is InChI=1S/C19H26N4OS2/c24-19(20-15-5-2-1-3-6-15)23-10-8-22(9-11-23)13-18-21-16(14-26-18)17-7-4-12-25-17/h4,7,12,14-15H,1-3,5-6,8-11,13H2,(H,20,24). The molecule has 2 aromatic rings. The first-order chi connectivity index (χ1) is 12.8. The van der Waals surface area contributed by atoms with Gasteiger partial charge in [0.25, 0.3) is 0 Å². The van der Waals surface area contributed by atoms with Crippen LogP contribution in [0.25, 0.3) is 10.6 Å². The molecule has 2 aromatic heterocycles. The van der Waals surface area contributed by atoms with Gasteiger partial charge in [-0.3, -0.25) is 4.90 Å². The van der Waals surface area contributed by atoms with Crippen molar-refractivity contribution in [1.82, 2.24) is 20.1 Å². The van der Waals surface area contributed by atoms with Crippen LogP contribution in [0.3, 0.4) is 0 Å². The van der Waals surface area contributed by atoms with Crippen molar-refractivity contribution < 1.29 is 4.79 Å². The molecule has 7 heteroatoms. The Kier molecular flexibility index (Phi) is 5.87. The molecule has 3 heterocycles. The maximum atomic E-state index is 12.5. The van der Waals surface area contributed by atoms with Crippen molar-refractivity contribution in [2.24, 2.45) is 0 Å². The number of nitrogens with zero attached hydrogens (tertiary/aromatic N) is 3. The molecule has 1 saturated carbocycles. The van der Waals surface area contributed by atoms with Crippen LogP contribution in [-0.2, 0) is 6.54 Å². The van der Waals surface area contributed by atoms with Gasteiger partial charge in [-0.2, -0.15) is 0 Å². The summed E-state index contributed by atoms with van der Waals surface area (Å²) in [6.45, 7) is 4.34. The fourth-order valence-electron chi connectivity index (χ4n) is 3.73. The van der Waals surface area contributed by atoms with Gasteiger partial charge in [0.2, 0.25) is 0 Å². The van der Waals surface area contributed by atoms with E-state index in [1.165, 1.54) is 24.1 Å². The van der Waals surface area contributed by atoms with Crippen LogP contribution in [0.15, 0.2) is 22.9 Å². The van der Waals surface area contributed by atoms with Crippen molar-refractivity contribution in [3.63, 3.8) is 0 Å². The van der Waals surface area contributed by atoms with Crippen LogP contribution in [0.2, 0.25) is 0 Å². The lowest BCUT2D eigenvalue weighted by Crippen LogP contribution is -2.53. The Morgan fingerprint density at radius 2 is 1.96 bits per heavy atom. The molecule has 0 atom stereocenters. The molecule has 0 radical (unpaired) electrons. The molecule has 2 aliphatic rings. The van der Waals surface area contributed by atoms with E-state index in [0.717, 1.165) is 56.3 Å². The normalized spacial score (nSPS) is 19.6. The summed E-state index contributed by atoms with van der Waals surface area (Å²) in [5, 5.41) is 8.63. The highest BCUT2D eigenvalue weighted by atomic mass is 32.1. The Balaban J connectivity index is 1.24. The summed E-state index contributed by atoms with van der Waals surface area (Å²) in [4.78, 5) is 22.8. The van der Waals surface area contributed by atoms with Gasteiger partial charge in [0.15, 0.2) is 0 Å². The van der Waals surface area contributed by atoms with Crippen molar-refractivity contribution in [3.8, 4) is 10.6 Å². The summed E-state index contributed by atoms with van der Waals surface area (Å²) < 4.78 is 0. The molecule has 4 rings (SSSR count). The smallest absolute Gasteiger partial charge is 0.317 e. The number of urea groups is 1. The van der Waals surface area contributed by atoms with Crippen molar-refractivity contribution in [2.45, 2.75) is 44.7 Å². The molecule has 26 heavy (non-hydrogen) atoms. The predicted molar refractivity (Wildman–Crippen MR) is 108 cm³/mol. The van der Waals surface area contributed by atoms with Crippen LogP contribution in [0.4, 0.5) is 4.79 Å². The molecule has 1 aliphatic carbocycles. The number of hydrogen-bond donors (Lipinski definition) is 1. The molecule has 1 saturated heterocycles. The third-order valence-corrected chi connectivity index (χ3v) is 7.00. The Morgan fingerprint density at radius 1 is 1.15 bits per heavy atom. The van der Waals surface area contributed by atoms with Crippen LogP contribution in [-0.4, -0.2) is 53.0 Å². The van der Waals surface area contributed by atoms with Crippen LogP contribution in [0, 0.1) is 0 Å². The summed E-state index contributed by atoms with van der Waals surface area (Å²) >= 11 is 3.47. The van der Waals surface area contributed by atoms with E-state index < -0.39 is 0 Å². The highest BCUT2D eigenvalue weighted by molar-refractivity contribution is 7.14. The molecule has 140 valence electrons. The van der Waals surface area contributed by atoms with Gasteiger partial charge in [0, 0.05) is 37.6 Å². The number of amides is 2. The van der Waals surface area contributed by atoms with Crippen molar-refractivity contribution >= 4 is 28.7 Å². The molecular formula is C19H26N4OS2. The van der Waals surface area contributed by atoms with Crippen LogP contribution >= 0.6 is 22.7 Å². The molecule has 0 unspecified atom stereocenters. The second kappa shape index (κ2) is 8.50. The van der Waals surface area contributed by atoms with Gasteiger partial charge >= 0.3 is 6.03 Å². The van der Waals surface area contributed by atoms with Crippen molar-refractivity contribution in [3.05, 3.63) is 27.9 Å². The van der Waals surface area contributed by atoms with Gasteiger partial charge in [0.05, 0.1) is 17.1 Å². The molecular weight excluding hydrogens is 364 g/mol. The van der Waals surface area contributed by atoms with E-state index in [0.29, 0.717) is 6.04 Å². The summed E-state index contributed by atoms with van der Waals surface area (Å²) in [6.07, 6.45) is 6.10. The summed E-state index contributed by atoms with van der Waals surface area (Å²) in [7, 11) is 0. The zero-order valence-corrected chi connectivity index (χ0v) is 16.7. The van der Waals surface area contributed by atoms with Crippen LogP contribution in [0.1, 0.15) is 37.1 Å². The van der Waals surface area contributed by atoms with Gasteiger partial charge in [-0.1, -0.05) is 25.3 Å². The van der Waals surface area contributed by atoms with Crippen LogP contribution in [0.5, 0.6) is 0 Å². The first kappa shape index (κ1) is 17.9. The average Bonchev–Trinajstić information content (AvgIpc) is 3.35. The van der Waals surface area contributed by atoms with E-state index in [1.807, 2.05) is 4.90 Å². The second-order valence-electron chi connectivity index (χ2n) is 7.15. The maximum Gasteiger partial charge on any atom is 0.317 e. The average molecular weight is 391 g/mol. The van der Waals surface area contributed by atoms with E-state index in [9.17, 15) is 4.79 Å². The number of piperazine rings is 1. The summed E-state index contributed by atoms with van der Waals surface area (Å²) in [6, 6.07) is 4.70. The summed E-state index contributed by atoms with van der Waals surface area (Å²) in [5.41, 5.74) is 1.09. The topological polar surface area (TPSA) is 48.5 Å². The third kappa shape index (κ3) is 4.45. The van der Waals surface area contributed by atoms with Crippen molar-refractivity contribution in [1.29, 1.82) is 0 Å². The second-order valence-corrected chi connectivity index (χ2v) is 9.04. The maximum absolute atomic E-state index is 12.5. The fraction of sp³-hybridized carbons (Fsp3) is 0.579. The molecule has 1 N–H and O–H groups in total. The number of thiazole rings is 1. The van der Waals surface area contributed by atoms with Gasteiger partial charge in [-0.05, 0) is 24.3 Å².